The second kappa shape index (κ2) is 8.95. The van der Waals surface area contributed by atoms with E-state index in [-0.39, 0.29) is 36.5 Å². The minimum atomic E-state index is -0.207. The number of rotatable bonds is 6. The van der Waals surface area contributed by atoms with Gasteiger partial charge in [0.05, 0.1) is 13.5 Å². The van der Waals surface area contributed by atoms with Crippen molar-refractivity contribution >= 4 is 17.8 Å². The number of carbonyl (C=O) groups is 2. The largest absolute Gasteiger partial charge is 0.481 e. The molecule has 0 unspecified atom stereocenters. The standard InChI is InChI=1S/C22H29N5O4/c1-13-12-27(14(13)2)22(29)31-17-5-4-16(10-17)18-11-19(26-25-18)24-20(28)8-15-6-7-23-21(9-15)30-3/h6-7,9,11,13-14,16-17H,4-5,8,10,12H2,1-3H3,(H2,24,25,26,28)/t13-,14-,16-,17+/m0/s1. The molecule has 9 nitrogen and oxygen atoms in total. The molecule has 1 aliphatic carbocycles. The maximum absolute atomic E-state index is 12.3. The highest BCUT2D eigenvalue weighted by Crippen LogP contribution is 2.36. The van der Waals surface area contributed by atoms with E-state index < -0.39 is 0 Å². The van der Waals surface area contributed by atoms with Gasteiger partial charge in [-0.15, -0.1) is 0 Å². The molecule has 1 aliphatic heterocycles. The van der Waals surface area contributed by atoms with E-state index in [1.807, 2.05) is 6.07 Å². The van der Waals surface area contributed by atoms with Crippen molar-refractivity contribution in [3.05, 3.63) is 35.7 Å². The summed E-state index contributed by atoms with van der Waals surface area (Å²) in [7, 11) is 1.54. The number of aromatic amines is 1. The van der Waals surface area contributed by atoms with Gasteiger partial charge in [0.1, 0.15) is 6.10 Å². The normalized spacial score (nSPS) is 25.1. The number of anilines is 1. The van der Waals surface area contributed by atoms with Crippen LogP contribution < -0.4 is 10.1 Å². The highest BCUT2D eigenvalue weighted by Gasteiger charge is 2.38. The summed E-state index contributed by atoms with van der Waals surface area (Å²) in [6.07, 6.45) is 4.03. The van der Waals surface area contributed by atoms with Gasteiger partial charge < -0.3 is 19.7 Å². The molecule has 4 rings (SSSR count). The van der Waals surface area contributed by atoms with Gasteiger partial charge in [0, 0.05) is 42.5 Å². The molecule has 1 saturated heterocycles. The third-order valence-corrected chi connectivity index (χ3v) is 6.36. The fourth-order valence-corrected chi connectivity index (χ4v) is 4.23. The molecule has 2 aliphatic rings. The van der Waals surface area contributed by atoms with E-state index >= 15 is 0 Å². The zero-order valence-electron chi connectivity index (χ0n) is 18.1. The van der Waals surface area contributed by atoms with Gasteiger partial charge in [-0.25, -0.2) is 9.78 Å². The first kappa shape index (κ1) is 21.1. The van der Waals surface area contributed by atoms with Crippen LogP contribution in [0.1, 0.15) is 50.3 Å². The summed E-state index contributed by atoms with van der Waals surface area (Å²) in [6.45, 7) is 4.97. The van der Waals surface area contributed by atoms with Gasteiger partial charge >= 0.3 is 6.09 Å². The van der Waals surface area contributed by atoms with Crippen molar-refractivity contribution in [2.75, 3.05) is 19.0 Å². The second-order valence-electron chi connectivity index (χ2n) is 8.53. The highest BCUT2D eigenvalue weighted by molar-refractivity contribution is 5.91. The predicted molar refractivity (Wildman–Crippen MR) is 114 cm³/mol. The summed E-state index contributed by atoms with van der Waals surface area (Å²) < 4.78 is 10.8. The molecule has 2 aromatic heterocycles. The van der Waals surface area contributed by atoms with Crippen LogP contribution in [0.5, 0.6) is 5.88 Å². The topological polar surface area (TPSA) is 109 Å². The van der Waals surface area contributed by atoms with Gasteiger partial charge in [-0.2, -0.15) is 5.10 Å². The van der Waals surface area contributed by atoms with Crippen molar-refractivity contribution in [3.63, 3.8) is 0 Å². The van der Waals surface area contributed by atoms with E-state index in [9.17, 15) is 9.59 Å². The summed E-state index contributed by atoms with van der Waals surface area (Å²) in [5.74, 6) is 1.56. The lowest BCUT2D eigenvalue weighted by atomic mass is 9.93. The van der Waals surface area contributed by atoms with E-state index in [0.29, 0.717) is 17.6 Å². The van der Waals surface area contributed by atoms with Gasteiger partial charge in [0.15, 0.2) is 5.82 Å². The first-order chi connectivity index (χ1) is 14.9. The van der Waals surface area contributed by atoms with Gasteiger partial charge in [0.25, 0.3) is 0 Å². The van der Waals surface area contributed by atoms with Gasteiger partial charge in [-0.3, -0.25) is 9.89 Å². The Morgan fingerprint density at radius 3 is 2.87 bits per heavy atom. The molecule has 0 aromatic carbocycles. The molecular weight excluding hydrogens is 398 g/mol. The average molecular weight is 428 g/mol. The lowest BCUT2D eigenvalue weighted by Crippen LogP contribution is -2.56. The monoisotopic (exact) mass is 427 g/mol. The number of pyridine rings is 1. The molecule has 31 heavy (non-hydrogen) atoms. The third kappa shape index (κ3) is 4.81. The molecule has 0 bridgehead atoms. The number of likely N-dealkylation sites (tertiary alicyclic amines) is 1. The highest BCUT2D eigenvalue weighted by atomic mass is 16.6. The summed E-state index contributed by atoms with van der Waals surface area (Å²) >= 11 is 0. The first-order valence-corrected chi connectivity index (χ1v) is 10.7. The molecule has 2 N–H and O–H groups in total. The number of ether oxygens (including phenoxy) is 2. The predicted octanol–water partition coefficient (Wildman–Crippen LogP) is 3.11. The second-order valence-corrected chi connectivity index (χ2v) is 8.53. The Labute approximate surface area is 181 Å². The van der Waals surface area contributed by atoms with Gasteiger partial charge in [-0.05, 0) is 43.7 Å². The molecule has 166 valence electrons. The smallest absolute Gasteiger partial charge is 0.410 e. The number of H-pyrrole nitrogens is 1. The quantitative estimate of drug-likeness (QED) is 0.733. The SMILES string of the molecule is COc1cc(CC(=O)Nc2cc([C@H]3CC[C@@H](OC(=O)N4C[C@H](C)[C@@H]4C)C3)[nH]n2)ccn1. The fourth-order valence-electron chi connectivity index (χ4n) is 4.23. The van der Waals surface area contributed by atoms with Crippen LogP contribution in [0.4, 0.5) is 10.6 Å². The number of carbonyl (C=O) groups excluding carboxylic acids is 2. The minimum Gasteiger partial charge on any atom is -0.481 e. The van der Waals surface area contributed by atoms with E-state index in [2.05, 4.69) is 34.3 Å². The summed E-state index contributed by atoms with van der Waals surface area (Å²) in [6, 6.07) is 5.62. The molecule has 1 saturated carbocycles. The molecular formula is C22H29N5O4. The number of methoxy groups -OCH3 is 1. The van der Waals surface area contributed by atoms with E-state index in [1.165, 1.54) is 7.11 Å². The van der Waals surface area contributed by atoms with Crippen LogP contribution in [0, 0.1) is 5.92 Å². The number of hydrogen-bond donors (Lipinski definition) is 2. The summed E-state index contributed by atoms with van der Waals surface area (Å²) in [4.78, 5) is 30.5. The van der Waals surface area contributed by atoms with Crippen molar-refractivity contribution in [1.29, 1.82) is 0 Å². The number of nitrogens with zero attached hydrogens (tertiary/aromatic N) is 3. The van der Waals surface area contributed by atoms with Crippen LogP contribution >= 0.6 is 0 Å². The van der Waals surface area contributed by atoms with Gasteiger partial charge in [0.2, 0.25) is 11.8 Å². The fraction of sp³-hybridized carbons (Fsp3) is 0.545. The number of nitrogens with one attached hydrogen (secondary N) is 2. The summed E-state index contributed by atoms with van der Waals surface area (Å²) in [5, 5.41) is 10.1. The van der Waals surface area contributed by atoms with Crippen molar-refractivity contribution in [2.24, 2.45) is 5.92 Å². The Hall–Kier alpha value is -3.10. The lowest BCUT2D eigenvalue weighted by Gasteiger charge is -2.44. The van der Waals surface area contributed by atoms with Crippen LogP contribution in [0.15, 0.2) is 24.4 Å². The molecule has 0 radical (unpaired) electrons. The van der Waals surface area contributed by atoms with Crippen molar-refractivity contribution in [3.8, 4) is 5.88 Å². The minimum absolute atomic E-state index is 0.0800. The molecule has 4 atom stereocenters. The Balaban J connectivity index is 1.27. The zero-order valence-corrected chi connectivity index (χ0v) is 18.1. The maximum atomic E-state index is 12.3. The van der Waals surface area contributed by atoms with Crippen molar-refractivity contribution in [1.82, 2.24) is 20.1 Å². The Kier molecular flexibility index (Phi) is 6.11. The first-order valence-electron chi connectivity index (χ1n) is 10.7. The van der Waals surface area contributed by atoms with E-state index in [4.69, 9.17) is 9.47 Å². The van der Waals surface area contributed by atoms with E-state index in [0.717, 1.165) is 37.1 Å². The van der Waals surface area contributed by atoms with Crippen LogP contribution in [-0.2, 0) is 16.0 Å². The van der Waals surface area contributed by atoms with Crippen LogP contribution in [-0.4, -0.2) is 57.9 Å². The average Bonchev–Trinajstić information content (AvgIpc) is 3.41. The lowest BCUT2D eigenvalue weighted by molar-refractivity contribution is -0.115. The maximum Gasteiger partial charge on any atom is 0.410 e. The Morgan fingerprint density at radius 2 is 2.13 bits per heavy atom. The number of amides is 2. The van der Waals surface area contributed by atoms with Crippen molar-refractivity contribution < 1.29 is 19.1 Å². The molecule has 2 aromatic rings. The summed E-state index contributed by atoms with van der Waals surface area (Å²) in [5.41, 5.74) is 1.76. The molecule has 2 amide bonds. The zero-order chi connectivity index (χ0) is 22.0. The van der Waals surface area contributed by atoms with E-state index in [1.54, 1.807) is 23.2 Å². The third-order valence-electron chi connectivity index (χ3n) is 6.36. The molecule has 9 heteroatoms. The Bertz CT molecular complexity index is 945. The van der Waals surface area contributed by atoms with Gasteiger partial charge in [-0.1, -0.05) is 6.92 Å². The van der Waals surface area contributed by atoms with Crippen LogP contribution in [0.25, 0.3) is 0 Å². The number of aromatic nitrogens is 3. The van der Waals surface area contributed by atoms with Crippen molar-refractivity contribution in [2.45, 2.75) is 57.6 Å². The van der Waals surface area contributed by atoms with Crippen LogP contribution in [0.2, 0.25) is 0 Å². The molecule has 0 spiro atoms. The molecule has 2 fully saturated rings. The Morgan fingerprint density at radius 1 is 1.29 bits per heavy atom. The molecule has 3 heterocycles. The number of hydrogen-bond acceptors (Lipinski definition) is 6. The van der Waals surface area contributed by atoms with Crippen LogP contribution in [0.3, 0.4) is 0 Å².